The quantitative estimate of drug-likeness (QED) is 0.201. The Labute approximate surface area is 245 Å². The second kappa shape index (κ2) is 8.37. The smallest absolute Gasteiger partial charge is 0.136 e. The van der Waals surface area contributed by atoms with E-state index in [0.29, 0.717) is 0 Å². The molecule has 0 saturated heterocycles. The Kier molecular flexibility index (Phi) is 4.45. The number of aromatic nitrogens is 1. The number of nitrogens with zero attached hydrogens (tertiary/aromatic N) is 1. The highest BCUT2D eigenvalue weighted by Gasteiger charge is 2.17. The molecule has 43 heavy (non-hydrogen) atoms. The highest BCUT2D eigenvalue weighted by molar-refractivity contribution is 6.22. The van der Waals surface area contributed by atoms with Gasteiger partial charge in [0.2, 0.25) is 0 Å². The summed E-state index contributed by atoms with van der Waals surface area (Å²) in [5.74, 6) is 0. The lowest BCUT2D eigenvalue weighted by Gasteiger charge is -2.13. The van der Waals surface area contributed by atoms with Crippen LogP contribution in [0.15, 0.2) is 148 Å². The van der Waals surface area contributed by atoms with Gasteiger partial charge in [0.15, 0.2) is 0 Å². The summed E-state index contributed by atoms with van der Waals surface area (Å²) in [6.07, 6.45) is 2.16. The number of hydrogen-bond donors (Lipinski definition) is 0. The van der Waals surface area contributed by atoms with Crippen molar-refractivity contribution in [1.29, 1.82) is 0 Å². The van der Waals surface area contributed by atoms with Gasteiger partial charge in [0.1, 0.15) is 22.3 Å². The molecular formula is C40H23NO2. The number of rotatable bonds is 2. The summed E-state index contributed by atoms with van der Waals surface area (Å²) in [4.78, 5) is 0. The zero-order chi connectivity index (χ0) is 28.1. The van der Waals surface area contributed by atoms with Crippen LogP contribution in [-0.2, 0) is 0 Å². The van der Waals surface area contributed by atoms with Gasteiger partial charge >= 0.3 is 0 Å². The van der Waals surface area contributed by atoms with E-state index in [2.05, 4.69) is 120 Å². The van der Waals surface area contributed by atoms with Crippen LogP contribution < -0.4 is 0 Å². The van der Waals surface area contributed by atoms with Crippen molar-refractivity contribution in [1.82, 2.24) is 4.57 Å². The maximum absolute atomic E-state index is 6.40. The summed E-state index contributed by atoms with van der Waals surface area (Å²) in [5, 5.41) is 10.5. The van der Waals surface area contributed by atoms with Crippen molar-refractivity contribution in [3.05, 3.63) is 140 Å². The number of furan rings is 2. The zero-order valence-electron chi connectivity index (χ0n) is 23.0. The molecule has 0 spiro atoms. The van der Waals surface area contributed by atoms with Gasteiger partial charge in [0, 0.05) is 38.8 Å². The van der Waals surface area contributed by atoms with Crippen LogP contribution in [0.4, 0.5) is 0 Å². The van der Waals surface area contributed by atoms with E-state index < -0.39 is 0 Å². The predicted octanol–water partition coefficient (Wildman–Crippen LogP) is 11.4. The van der Waals surface area contributed by atoms with Crippen molar-refractivity contribution in [2.24, 2.45) is 0 Å². The largest absolute Gasteiger partial charge is 0.456 e. The van der Waals surface area contributed by atoms with Crippen LogP contribution >= 0.6 is 0 Å². The van der Waals surface area contributed by atoms with Gasteiger partial charge in [-0.2, -0.15) is 0 Å². The highest BCUT2D eigenvalue weighted by atomic mass is 16.3. The molecule has 0 fully saturated rings. The third kappa shape index (κ3) is 3.25. The van der Waals surface area contributed by atoms with E-state index in [0.717, 1.165) is 49.6 Å². The molecule has 3 aromatic heterocycles. The minimum atomic E-state index is 0.905. The van der Waals surface area contributed by atoms with Gasteiger partial charge in [0.25, 0.3) is 0 Å². The van der Waals surface area contributed by atoms with Gasteiger partial charge in [-0.15, -0.1) is 0 Å². The lowest BCUT2D eigenvalue weighted by molar-refractivity contribution is 0.669. The van der Waals surface area contributed by atoms with Crippen LogP contribution in [0.1, 0.15) is 0 Å². The Hall–Kier alpha value is -5.80. The summed E-state index contributed by atoms with van der Waals surface area (Å²) >= 11 is 0. The topological polar surface area (TPSA) is 31.2 Å². The molecule has 3 heteroatoms. The summed E-state index contributed by atoms with van der Waals surface area (Å²) < 4.78 is 14.8. The fraction of sp³-hybridized carbons (Fsp3) is 0. The van der Waals surface area contributed by atoms with Crippen LogP contribution in [0.3, 0.4) is 0 Å². The number of benzene rings is 7. The Bertz CT molecular complexity index is 2720. The Morgan fingerprint density at radius 3 is 1.91 bits per heavy atom. The van der Waals surface area contributed by atoms with Crippen molar-refractivity contribution < 1.29 is 8.83 Å². The molecule has 0 aliphatic heterocycles. The fourth-order valence-corrected chi connectivity index (χ4v) is 6.95. The molecule has 0 N–H and O–H groups in total. The molecule has 3 heterocycles. The first-order valence-electron chi connectivity index (χ1n) is 14.6. The first-order chi connectivity index (χ1) is 21.3. The molecule has 0 atom stereocenters. The molecule has 0 bridgehead atoms. The normalized spacial score (nSPS) is 12.2. The van der Waals surface area contributed by atoms with Gasteiger partial charge < -0.3 is 13.4 Å². The molecule has 10 aromatic rings. The minimum Gasteiger partial charge on any atom is -0.456 e. The molecule has 0 unspecified atom stereocenters. The SMILES string of the molecule is c1ccc(-n2ccc3cc4cc(-c5ccc6oc7ccccc7c6c5)c5cc6c(cc5c4cc32)oc2ccccc26)cc1. The second-order valence-corrected chi connectivity index (χ2v) is 11.4. The van der Waals surface area contributed by atoms with Crippen LogP contribution in [0.5, 0.6) is 0 Å². The molecule has 0 aliphatic rings. The van der Waals surface area contributed by atoms with Crippen molar-refractivity contribution in [3.8, 4) is 16.8 Å². The minimum absolute atomic E-state index is 0.905. The standard InChI is InChI=1S/C40H23NO2/c1-2-8-27(9-3-1)41-17-16-25-18-26-20-30(24-14-15-39-34(19-24)28-10-4-6-12-37(28)42-39)32-21-35-29-11-5-7-13-38(29)43-40(35)23-33(32)31(26)22-36(25)41/h1-23H. The third-order valence-corrected chi connectivity index (χ3v) is 8.98. The van der Waals surface area contributed by atoms with Crippen LogP contribution in [0, 0.1) is 0 Å². The van der Waals surface area contributed by atoms with E-state index in [1.807, 2.05) is 24.3 Å². The molecule has 7 aromatic carbocycles. The maximum Gasteiger partial charge on any atom is 0.136 e. The number of para-hydroxylation sites is 3. The number of hydrogen-bond acceptors (Lipinski definition) is 2. The second-order valence-electron chi connectivity index (χ2n) is 11.4. The van der Waals surface area contributed by atoms with Crippen molar-refractivity contribution in [2.75, 3.05) is 0 Å². The van der Waals surface area contributed by atoms with Gasteiger partial charge in [-0.1, -0.05) is 60.7 Å². The Balaban J connectivity index is 1.33. The lowest BCUT2D eigenvalue weighted by atomic mass is 9.91. The van der Waals surface area contributed by atoms with E-state index in [1.54, 1.807) is 0 Å². The molecule has 0 aliphatic carbocycles. The summed E-state index contributed by atoms with van der Waals surface area (Å²) in [5.41, 5.74) is 8.33. The summed E-state index contributed by atoms with van der Waals surface area (Å²) in [7, 11) is 0. The molecule has 3 nitrogen and oxygen atoms in total. The van der Waals surface area contributed by atoms with Crippen molar-refractivity contribution >= 4 is 76.3 Å². The average molecular weight is 550 g/mol. The summed E-state index contributed by atoms with van der Waals surface area (Å²) in [6.45, 7) is 0. The molecule has 0 saturated carbocycles. The Morgan fingerprint density at radius 1 is 0.395 bits per heavy atom. The van der Waals surface area contributed by atoms with Crippen molar-refractivity contribution in [2.45, 2.75) is 0 Å². The average Bonchev–Trinajstić information content (AvgIpc) is 3.75. The van der Waals surface area contributed by atoms with Crippen LogP contribution in [-0.4, -0.2) is 4.57 Å². The first-order valence-corrected chi connectivity index (χ1v) is 14.6. The first kappa shape index (κ1) is 22.8. The summed E-state index contributed by atoms with van der Waals surface area (Å²) in [6, 6.07) is 47.5. The molecule has 0 amide bonds. The maximum atomic E-state index is 6.40. The van der Waals surface area contributed by atoms with Gasteiger partial charge in [-0.25, -0.2) is 0 Å². The zero-order valence-corrected chi connectivity index (χ0v) is 23.0. The lowest BCUT2D eigenvalue weighted by Crippen LogP contribution is -1.91. The van der Waals surface area contributed by atoms with Gasteiger partial charge in [-0.3, -0.25) is 0 Å². The molecule has 200 valence electrons. The van der Waals surface area contributed by atoms with E-state index in [4.69, 9.17) is 8.83 Å². The van der Waals surface area contributed by atoms with Gasteiger partial charge in [-0.05, 0) is 105 Å². The predicted molar refractivity (Wildman–Crippen MR) is 178 cm³/mol. The van der Waals surface area contributed by atoms with Gasteiger partial charge in [0.05, 0.1) is 5.52 Å². The van der Waals surface area contributed by atoms with E-state index in [9.17, 15) is 0 Å². The van der Waals surface area contributed by atoms with Crippen LogP contribution in [0.25, 0.3) is 93.1 Å². The monoisotopic (exact) mass is 549 g/mol. The Morgan fingerprint density at radius 2 is 1.09 bits per heavy atom. The highest BCUT2D eigenvalue weighted by Crippen LogP contribution is 2.42. The van der Waals surface area contributed by atoms with Crippen LogP contribution in [0.2, 0.25) is 0 Å². The molecular weight excluding hydrogens is 526 g/mol. The number of fused-ring (bicyclic) bond motifs is 10. The van der Waals surface area contributed by atoms with E-state index >= 15 is 0 Å². The van der Waals surface area contributed by atoms with E-state index in [-0.39, 0.29) is 0 Å². The third-order valence-electron chi connectivity index (χ3n) is 8.98. The molecule has 10 rings (SSSR count). The fourth-order valence-electron chi connectivity index (χ4n) is 6.95. The molecule has 0 radical (unpaired) electrons. The van der Waals surface area contributed by atoms with E-state index in [1.165, 1.54) is 43.6 Å². The van der Waals surface area contributed by atoms with Crippen molar-refractivity contribution in [3.63, 3.8) is 0 Å².